The van der Waals surface area contributed by atoms with Gasteiger partial charge in [0.1, 0.15) is 13.2 Å². The normalized spacial score (nSPS) is 14.5. The highest BCUT2D eigenvalue weighted by molar-refractivity contribution is 7.47. The molecule has 0 rings (SSSR count). The molecular formula is C54H104N2O6P+. The lowest BCUT2D eigenvalue weighted by molar-refractivity contribution is -0.870. The molecule has 1 amide bonds. The number of phosphoric ester groups is 1. The Morgan fingerprint density at radius 3 is 1.27 bits per heavy atom. The number of rotatable bonds is 48. The number of hydrogen-bond donors (Lipinski definition) is 3. The number of nitrogens with zero attached hydrogens (tertiary/aromatic N) is 1. The fourth-order valence-electron chi connectivity index (χ4n) is 7.54. The van der Waals surface area contributed by atoms with Crippen LogP contribution in [0.25, 0.3) is 0 Å². The number of carbonyl (C=O) groups is 1. The van der Waals surface area contributed by atoms with Crippen molar-refractivity contribution >= 4 is 13.7 Å². The Kier molecular flexibility index (Phi) is 44.5. The number of likely N-dealkylation sites (N-methyl/N-ethyl adjacent to an activating group) is 1. The van der Waals surface area contributed by atoms with E-state index < -0.39 is 20.0 Å². The van der Waals surface area contributed by atoms with Gasteiger partial charge in [0.25, 0.3) is 0 Å². The Morgan fingerprint density at radius 2 is 0.873 bits per heavy atom. The summed E-state index contributed by atoms with van der Waals surface area (Å²) in [6.07, 6.45) is 59.2. The van der Waals surface area contributed by atoms with Crippen LogP contribution in [0.4, 0.5) is 0 Å². The summed E-state index contributed by atoms with van der Waals surface area (Å²) in [6, 6.07) is -0.869. The number of amides is 1. The molecule has 0 aromatic carbocycles. The second-order valence-corrected chi connectivity index (χ2v) is 20.7. The van der Waals surface area contributed by atoms with E-state index in [1.54, 1.807) is 6.08 Å². The number of allylic oxidation sites excluding steroid dienone is 7. The van der Waals surface area contributed by atoms with E-state index in [4.69, 9.17) is 9.05 Å². The standard InChI is InChI=1S/C54H103N2O6P/c1-6-8-10-12-14-16-18-20-22-24-25-26-27-28-29-30-31-32-34-36-38-40-42-44-46-48-54(58)55-52(51-62-63(59,60)61-50-49-56(3,4)5)53(57)47-45-43-41-39-37-35-33-23-21-19-17-15-13-11-9-7-2/h21,23-25,37,39,45,47,52-53,57H,6-20,22,26-36,38,40-44,46,48-51H2,1-5H3,(H-,55,58,59,60)/p+1/b23-21+,25-24-,39-37+,47-45+. The third-order valence-corrected chi connectivity index (χ3v) is 12.7. The largest absolute Gasteiger partial charge is 0.472 e. The fourth-order valence-corrected chi connectivity index (χ4v) is 8.27. The summed E-state index contributed by atoms with van der Waals surface area (Å²) < 4.78 is 23.6. The lowest BCUT2D eigenvalue weighted by Gasteiger charge is -2.25. The number of unbranched alkanes of at least 4 members (excludes halogenated alkanes) is 29. The Morgan fingerprint density at radius 1 is 0.524 bits per heavy atom. The molecule has 3 N–H and O–H groups in total. The summed E-state index contributed by atoms with van der Waals surface area (Å²) in [5.74, 6) is -0.190. The molecule has 0 saturated carbocycles. The monoisotopic (exact) mass is 908 g/mol. The first-order chi connectivity index (χ1) is 30.5. The highest BCUT2D eigenvalue weighted by atomic mass is 31.2. The van der Waals surface area contributed by atoms with Crippen LogP contribution in [0.5, 0.6) is 0 Å². The van der Waals surface area contributed by atoms with Crippen LogP contribution in [0.3, 0.4) is 0 Å². The molecule has 8 nitrogen and oxygen atoms in total. The van der Waals surface area contributed by atoms with Gasteiger partial charge >= 0.3 is 7.82 Å². The molecule has 0 aromatic heterocycles. The number of nitrogens with one attached hydrogen (secondary N) is 1. The number of aliphatic hydroxyl groups excluding tert-OH is 1. The van der Waals surface area contributed by atoms with Crippen molar-refractivity contribution in [1.29, 1.82) is 0 Å². The molecule has 370 valence electrons. The maximum absolute atomic E-state index is 12.9. The van der Waals surface area contributed by atoms with Crippen molar-refractivity contribution in [2.75, 3.05) is 40.9 Å². The SMILES string of the molecule is CCCCCCCC/C=C/CC/C=C/CC/C=C/C(O)C(COP(=O)(O)OCC[N+](C)(C)C)NC(=O)CCCCCCCCCCCCCCC/C=C\CCCCCCCCCC. The van der Waals surface area contributed by atoms with Crippen molar-refractivity contribution < 1.29 is 32.9 Å². The molecule has 0 heterocycles. The van der Waals surface area contributed by atoms with Crippen molar-refractivity contribution in [3.8, 4) is 0 Å². The zero-order valence-electron chi connectivity index (χ0n) is 42.1. The van der Waals surface area contributed by atoms with Crippen molar-refractivity contribution in [2.24, 2.45) is 0 Å². The van der Waals surface area contributed by atoms with Gasteiger partial charge in [-0.2, -0.15) is 0 Å². The van der Waals surface area contributed by atoms with Gasteiger partial charge < -0.3 is 19.8 Å². The van der Waals surface area contributed by atoms with Gasteiger partial charge in [0.05, 0.1) is 39.9 Å². The van der Waals surface area contributed by atoms with E-state index in [0.29, 0.717) is 17.4 Å². The summed E-state index contributed by atoms with van der Waals surface area (Å²) in [6.45, 7) is 4.79. The van der Waals surface area contributed by atoms with Crippen LogP contribution < -0.4 is 5.32 Å². The third-order valence-electron chi connectivity index (χ3n) is 11.7. The van der Waals surface area contributed by atoms with E-state index in [-0.39, 0.29) is 19.1 Å². The fraction of sp³-hybridized carbons (Fsp3) is 0.833. The molecule has 0 aromatic rings. The number of aliphatic hydroxyl groups is 1. The van der Waals surface area contributed by atoms with Crippen LogP contribution in [0.1, 0.15) is 239 Å². The molecule has 0 fully saturated rings. The number of hydrogen-bond acceptors (Lipinski definition) is 5. The molecule has 0 radical (unpaired) electrons. The van der Waals surface area contributed by atoms with Gasteiger partial charge in [0, 0.05) is 6.42 Å². The van der Waals surface area contributed by atoms with E-state index >= 15 is 0 Å². The smallest absolute Gasteiger partial charge is 0.387 e. The van der Waals surface area contributed by atoms with E-state index in [2.05, 4.69) is 55.6 Å². The summed E-state index contributed by atoms with van der Waals surface area (Å²) in [4.78, 5) is 23.2. The summed E-state index contributed by atoms with van der Waals surface area (Å²) in [5, 5.41) is 13.9. The van der Waals surface area contributed by atoms with Gasteiger partial charge in [-0.15, -0.1) is 0 Å². The molecule has 0 saturated heterocycles. The average Bonchev–Trinajstić information content (AvgIpc) is 3.24. The molecule has 3 atom stereocenters. The molecule has 63 heavy (non-hydrogen) atoms. The van der Waals surface area contributed by atoms with Gasteiger partial charge in [-0.3, -0.25) is 13.8 Å². The summed E-state index contributed by atoms with van der Waals surface area (Å²) in [7, 11) is 1.55. The van der Waals surface area contributed by atoms with Crippen molar-refractivity contribution in [3.63, 3.8) is 0 Å². The molecule has 0 spiro atoms. The first kappa shape index (κ1) is 61.5. The van der Waals surface area contributed by atoms with Crippen LogP contribution in [0, 0.1) is 0 Å². The summed E-state index contributed by atoms with van der Waals surface area (Å²) >= 11 is 0. The molecule has 3 unspecified atom stereocenters. The van der Waals surface area contributed by atoms with E-state index in [0.717, 1.165) is 44.9 Å². The molecule has 0 aliphatic rings. The molecule has 0 bridgehead atoms. The molecule has 0 aliphatic carbocycles. The highest BCUT2D eigenvalue weighted by Gasteiger charge is 2.27. The maximum atomic E-state index is 12.9. The van der Waals surface area contributed by atoms with Crippen molar-refractivity contribution in [2.45, 2.75) is 251 Å². The zero-order valence-corrected chi connectivity index (χ0v) is 43.0. The topological polar surface area (TPSA) is 105 Å². The van der Waals surface area contributed by atoms with E-state index in [9.17, 15) is 19.4 Å². The summed E-state index contributed by atoms with van der Waals surface area (Å²) in [5.41, 5.74) is 0. The quantitative estimate of drug-likeness (QED) is 0.0243. The number of phosphoric acid groups is 1. The second kappa shape index (κ2) is 45.6. The predicted molar refractivity (Wildman–Crippen MR) is 272 cm³/mol. The van der Waals surface area contributed by atoms with E-state index in [1.807, 2.05) is 27.2 Å². The van der Waals surface area contributed by atoms with Gasteiger partial charge in [0.15, 0.2) is 0 Å². The third kappa shape index (κ3) is 48.2. The second-order valence-electron chi connectivity index (χ2n) is 19.2. The van der Waals surface area contributed by atoms with Gasteiger partial charge in [-0.25, -0.2) is 4.57 Å². The van der Waals surface area contributed by atoms with Crippen LogP contribution in [0.15, 0.2) is 48.6 Å². The van der Waals surface area contributed by atoms with Crippen LogP contribution in [-0.2, 0) is 18.4 Å². The average molecular weight is 908 g/mol. The van der Waals surface area contributed by atoms with Crippen LogP contribution in [-0.4, -0.2) is 73.4 Å². The van der Waals surface area contributed by atoms with Gasteiger partial charge in [0.2, 0.25) is 5.91 Å². The minimum absolute atomic E-state index is 0.0532. The Hall–Kier alpha value is -1.54. The van der Waals surface area contributed by atoms with Crippen molar-refractivity contribution in [1.82, 2.24) is 5.32 Å². The number of quaternary nitrogens is 1. The Balaban J connectivity index is 4.27. The number of carbonyl (C=O) groups excluding carboxylic acids is 1. The van der Waals surface area contributed by atoms with Crippen LogP contribution in [0.2, 0.25) is 0 Å². The van der Waals surface area contributed by atoms with E-state index in [1.165, 1.54) is 173 Å². The molecular weight excluding hydrogens is 804 g/mol. The maximum Gasteiger partial charge on any atom is 0.472 e. The Bertz CT molecular complexity index is 1170. The van der Waals surface area contributed by atoms with Crippen LogP contribution >= 0.6 is 7.82 Å². The zero-order chi connectivity index (χ0) is 46.4. The highest BCUT2D eigenvalue weighted by Crippen LogP contribution is 2.43. The lowest BCUT2D eigenvalue weighted by atomic mass is 10.0. The first-order valence-corrected chi connectivity index (χ1v) is 28.0. The minimum Gasteiger partial charge on any atom is -0.387 e. The first-order valence-electron chi connectivity index (χ1n) is 26.5. The molecule has 0 aliphatic heterocycles. The predicted octanol–water partition coefficient (Wildman–Crippen LogP) is 15.6. The lowest BCUT2D eigenvalue weighted by Crippen LogP contribution is -2.45. The Labute approximate surface area is 390 Å². The van der Waals surface area contributed by atoms with Gasteiger partial charge in [-0.05, 0) is 70.6 Å². The minimum atomic E-state index is -4.35. The molecule has 9 heteroatoms. The van der Waals surface area contributed by atoms with Crippen molar-refractivity contribution in [3.05, 3.63) is 48.6 Å². The van der Waals surface area contributed by atoms with Gasteiger partial charge in [-0.1, -0.05) is 210 Å².